The molecule has 16 heavy (non-hydrogen) atoms. The molecule has 1 atom stereocenters. The number of nitrogens with one attached hydrogen (secondary N) is 1. The molecule has 1 aliphatic rings. The van der Waals surface area contributed by atoms with Crippen LogP contribution in [-0.2, 0) is 9.53 Å². The molecule has 0 bridgehead atoms. The van der Waals surface area contributed by atoms with Gasteiger partial charge in [0, 0.05) is 24.3 Å². The first-order chi connectivity index (χ1) is 7.31. The van der Waals surface area contributed by atoms with Crippen molar-refractivity contribution in [1.82, 2.24) is 5.32 Å². The van der Waals surface area contributed by atoms with Crippen LogP contribution in [-0.4, -0.2) is 46.9 Å². The monoisotopic (exact) mass is 247 g/mol. The van der Waals surface area contributed by atoms with Gasteiger partial charge in [0.15, 0.2) is 0 Å². The lowest BCUT2D eigenvalue weighted by molar-refractivity contribution is -0.119. The van der Waals surface area contributed by atoms with E-state index in [1.54, 1.807) is 11.8 Å². The quantitative estimate of drug-likeness (QED) is 0.771. The maximum Gasteiger partial charge on any atom is 0.230 e. The number of carbonyl (C=O) groups excluding carboxylic acids is 1. The minimum Gasteiger partial charge on any atom is -0.386 e. The molecule has 1 saturated heterocycles. The molecule has 1 unspecified atom stereocenters. The van der Waals surface area contributed by atoms with Gasteiger partial charge in [-0.1, -0.05) is 20.8 Å². The van der Waals surface area contributed by atoms with Crippen LogP contribution in [0.5, 0.6) is 0 Å². The van der Waals surface area contributed by atoms with Gasteiger partial charge < -0.3 is 15.2 Å². The van der Waals surface area contributed by atoms with Crippen LogP contribution in [0.15, 0.2) is 0 Å². The normalized spacial score (nSPS) is 25.8. The van der Waals surface area contributed by atoms with E-state index in [2.05, 4.69) is 26.1 Å². The fraction of sp³-hybridized carbons (Fsp3) is 0.909. The second kappa shape index (κ2) is 5.38. The molecule has 0 aromatic carbocycles. The van der Waals surface area contributed by atoms with Crippen LogP contribution in [0.3, 0.4) is 0 Å². The first-order valence-corrected chi connectivity index (χ1v) is 6.50. The van der Waals surface area contributed by atoms with Gasteiger partial charge in [-0.05, 0) is 0 Å². The molecule has 4 nitrogen and oxygen atoms in total. The lowest BCUT2D eigenvalue weighted by Gasteiger charge is -2.21. The molecule has 1 heterocycles. The summed E-state index contributed by atoms with van der Waals surface area (Å²) >= 11 is 1.60. The zero-order valence-corrected chi connectivity index (χ0v) is 11.0. The van der Waals surface area contributed by atoms with Crippen LogP contribution >= 0.6 is 11.8 Å². The van der Waals surface area contributed by atoms with E-state index in [9.17, 15) is 9.90 Å². The van der Waals surface area contributed by atoms with E-state index in [1.165, 1.54) is 0 Å². The van der Waals surface area contributed by atoms with E-state index in [-0.39, 0.29) is 17.2 Å². The van der Waals surface area contributed by atoms with Crippen molar-refractivity contribution >= 4 is 17.7 Å². The van der Waals surface area contributed by atoms with Crippen molar-refractivity contribution in [2.24, 2.45) is 0 Å². The molecule has 0 aliphatic carbocycles. The number of rotatable bonds is 4. The zero-order valence-electron chi connectivity index (χ0n) is 10.2. The van der Waals surface area contributed by atoms with E-state index in [0.29, 0.717) is 25.4 Å². The SMILES string of the molecule is CC(C)(C)SCC(=O)NCC1(O)CCOC1. The predicted molar refractivity (Wildman–Crippen MR) is 65.6 cm³/mol. The average Bonchev–Trinajstić information content (AvgIpc) is 2.59. The van der Waals surface area contributed by atoms with Crippen molar-refractivity contribution in [3.05, 3.63) is 0 Å². The highest BCUT2D eigenvalue weighted by Gasteiger charge is 2.32. The van der Waals surface area contributed by atoms with Crippen LogP contribution in [0.2, 0.25) is 0 Å². The molecule has 94 valence electrons. The minimum absolute atomic E-state index is 0.0275. The third-order valence-corrected chi connectivity index (χ3v) is 3.61. The first kappa shape index (κ1) is 13.8. The summed E-state index contributed by atoms with van der Waals surface area (Å²) in [6.07, 6.45) is 0.597. The van der Waals surface area contributed by atoms with Crippen LogP contribution in [0.1, 0.15) is 27.2 Å². The highest BCUT2D eigenvalue weighted by Crippen LogP contribution is 2.22. The predicted octanol–water partition coefficient (Wildman–Crippen LogP) is 0.786. The third-order valence-electron chi connectivity index (χ3n) is 2.33. The summed E-state index contributed by atoms with van der Waals surface area (Å²) in [6.45, 7) is 7.40. The molecule has 0 aromatic heterocycles. The molecule has 1 aliphatic heterocycles. The number of aliphatic hydroxyl groups is 1. The van der Waals surface area contributed by atoms with Crippen LogP contribution < -0.4 is 5.32 Å². The van der Waals surface area contributed by atoms with Crippen molar-refractivity contribution in [3.8, 4) is 0 Å². The smallest absolute Gasteiger partial charge is 0.230 e. The van der Waals surface area contributed by atoms with Crippen molar-refractivity contribution in [2.45, 2.75) is 37.5 Å². The molecular formula is C11H21NO3S. The van der Waals surface area contributed by atoms with E-state index >= 15 is 0 Å². The number of amides is 1. The van der Waals surface area contributed by atoms with Crippen LogP contribution in [0.25, 0.3) is 0 Å². The average molecular weight is 247 g/mol. The lowest BCUT2D eigenvalue weighted by atomic mass is 10.0. The van der Waals surface area contributed by atoms with Gasteiger partial charge in [-0.3, -0.25) is 4.79 Å². The van der Waals surface area contributed by atoms with Gasteiger partial charge >= 0.3 is 0 Å². The van der Waals surface area contributed by atoms with Gasteiger partial charge in [0.05, 0.1) is 12.4 Å². The van der Waals surface area contributed by atoms with Gasteiger partial charge in [0.2, 0.25) is 5.91 Å². The molecular weight excluding hydrogens is 226 g/mol. The van der Waals surface area contributed by atoms with E-state index in [1.807, 2.05) is 0 Å². The molecule has 5 heteroatoms. The fourth-order valence-corrected chi connectivity index (χ4v) is 2.00. The number of carbonyl (C=O) groups is 1. The number of ether oxygens (including phenoxy) is 1. The van der Waals surface area contributed by atoms with E-state index in [0.717, 1.165) is 0 Å². The summed E-state index contributed by atoms with van der Waals surface area (Å²) in [5, 5.41) is 12.7. The summed E-state index contributed by atoms with van der Waals surface area (Å²) in [5.74, 6) is 0.403. The maximum absolute atomic E-state index is 11.5. The zero-order chi connectivity index (χ0) is 12.2. The largest absolute Gasteiger partial charge is 0.386 e. The van der Waals surface area contributed by atoms with Gasteiger partial charge in [-0.2, -0.15) is 0 Å². The van der Waals surface area contributed by atoms with Crippen molar-refractivity contribution in [1.29, 1.82) is 0 Å². The Kier molecular flexibility index (Phi) is 4.64. The Morgan fingerprint density at radius 3 is 2.75 bits per heavy atom. The van der Waals surface area contributed by atoms with Gasteiger partial charge in [-0.15, -0.1) is 11.8 Å². The molecule has 2 N–H and O–H groups in total. The Balaban J connectivity index is 2.20. The van der Waals surface area contributed by atoms with E-state index in [4.69, 9.17) is 4.74 Å². The Bertz CT molecular complexity index is 244. The minimum atomic E-state index is -0.859. The molecule has 0 saturated carbocycles. The second-order valence-corrected chi connectivity index (χ2v) is 7.01. The number of hydrogen-bond acceptors (Lipinski definition) is 4. The Morgan fingerprint density at radius 1 is 1.56 bits per heavy atom. The third kappa shape index (κ3) is 5.18. The summed E-state index contributed by atoms with van der Waals surface area (Å²) in [7, 11) is 0. The summed E-state index contributed by atoms with van der Waals surface area (Å²) in [6, 6.07) is 0. The highest BCUT2D eigenvalue weighted by molar-refractivity contribution is 8.01. The topological polar surface area (TPSA) is 58.6 Å². The molecule has 0 aromatic rings. The van der Waals surface area contributed by atoms with Gasteiger partial charge in [0.25, 0.3) is 0 Å². The Labute approximate surface area is 101 Å². The number of hydrogen-bond donors (Lipinski definition) is 2. The van der Waals surface area contributed by atoms with Crippen LogP contribution in [0, 0.1) is 0 Å². The Hall–Kier alpha value is -0.260. The van der Waals surface area contributed by atoms with Crippen molar-refractivity contribution < 1.29 is 14.6 Å². The van der Waals surface area contributed by atoms with Gasteiger partial charge in [-0.25, -0.2) is 0 Å². The molecule has 1 fully saturated rings. The molecule has 1 rings (SSSR count). The summed E-state index contributed by atoms with van der Waals surface area (Å²) < 4.78 is 5.19. The Morgan fingerprint density at radius 2 is 2.25 bits per heavy atom. The summed E-state index contributed by atoms with van der Waals surface area (Å²) in [5.41, 5.74) is -0.859. The standard InChI is InChI=1S/C11H21NO3S/c1-10(2,3)16-6-9(13)12-7-11(14)4-5-15-8-11/h14H,4-8H2,1-3H3,(H,12,13). The summed E-state index contributed by atoms with van der Waals surface area (Å²) in [4.78, 5) is 11.5. The second-order valence-electron chi connectivity index (χ2n) is 5.20. The molecule has 0 spiro atoms. The van der Waals surface area contributed by atoms with Crippen molar-refractivity contribution in [3.63, 3.8) is 0 Å². The lowest BCUT2D eigenvalue weighted by Crippen LogP contribution is -2.44. The maximum atomic E-state index is 11.5. The van der Waals surface area contributed by atoms with E-state index < -0.39 is 5.60 Å². The van der Waals surface area contributed by atoms with Gasteiger partial charge in [0.1, 0.15) is 5.60 Å². The van der Waals surface area contributed by atoms with Crippen LogP contribution in [0.4, 0.5) is 0 Å². The van der Waals surface area contributed by atoms with Crippen molar-refractivity contribution in [2.75, 3.05) is 25.5 Å². The fourth-order valence-electron chi connectivity index (χ4n) is 1.33. The molecule has 1 amide bonds. The first-order valence-electron chi connectivity index (χ1n) is 5.52. The molecule has 0 radical (unpaired) electrons. The number of thioether (sulfide) groups is 1. The highest BCUT2D eigenvalue weighted by atomic mass is 32.2.